The lowest BCUT2D eigenvalue weighted by atomic mass is 10.1. The van der Waals surface area contributed by atoms with Crippen LogP contribution in [0, 0.1) is 0 Å². The van der Waals surface area contributed by atoms with Crippen LogP contribution in [0.5, 0.6) is 0 Å². The van der Waals surface area contributed by atoms with Gasteiger partial charge in [-0.25, -0.2) is 14.6 Å². The SMILES string of the molecule is COC(=O)C1=C(C(=O)OC)N(c2ccc(Cl)c(-c3nc4ccccc4[nH]3)c2)COC1. The standard InChI is InChI=1S/C21H18ClN3O5/c1-28-20(26)14-10-30-11-25(18(14)21(27)29-2)12-7-8-15(22)13(9-12)19-23-16-5-3-4-6-17(16)24-19/h3-9H,10-11H2,1-2H3,(H,23,24). The Labute approximate surface area is 177 Å². The molecule has 1 aliphatic rings. The molecule has 154 valence electrons. The number of aromatic amines is 1. The molecule has 0 fully saturated rings. The maximum atomic E-state index is 12.5. The van der Waals surface area contributed by atoms with Crippen LogP contribution in [-0.2, 0) is 23.8 Å². The summed E-state index contributed by atoms with van der Waals surface area (Å²) in [5.41, 5.74) is 3.04. The van der Waals surface area contributed by atoms with Crippen molar-refractivity contribution in [3.63, 3.8) is 0 Å². The van der Waals surface area contributed by atoms with Crippen LogP contribution in [0.2, 0.25) is 5.02 Å². The van der Waals surface area contributed by atoms with Gasteiger partial charge in [0.15, 0.2) is 0 Å². The summed E-state index contributed by atoms with van der Waals surface area (Å²) in [6.07, 6.45) is 0. The summed E-state index contributed by atoms with van der Waals surface area (Å²) in [6.45, 7) is -0.0102. The molecule has 0 bridgehead atoms. The summed E-state index contributed by atoms with van der Waals surface area (Å²) in [5, 5.41) is 0.479. The summed E-state index contributed by atoms with van der Waals surface area (Å²) in [5.74, 6) is -0.747. The van der Waals surface area contributed by atoms with Crippen molar-refractivity contribution < 1.29 is 23.8 Å². The Morgan fingerprint density at radius 3 is 2.63 bits per heavy atom. The van der Waals surface area contributed by atoms with Crippen LogP contribution in [-0.4, -0.2) is 49.5 Å². The molecule has 30 heavy (non-hydrogen) atoms. The van der Waals surface area contributed by atoms with Gasteiger partial charge in [-0.05, 0) is 30.3 Å². The van der Waals surface area contributed by atoms with Crippen LogP contribution < -0.4 is 4.90 Å². The van der Waals surface area contributed by atoms with Gasteiger partial charge in [-0.15, -0.1) is 0 Å². The molecule has 2 heterocycles. The highest BCUT2D eigenvalue weighted by molar-refractivity contribution is 6.33. The fourth-order valence-electron chi connectivity index (χ4n) is 3.29. The van der Waals surface area contributed by atoms with Crippen molar-refractivity contribution in [3.05, 3.63) is 58.8 Å². The number of esters is 2. The van der Waals surface area contributed by atoms with E-state index in [9.17, 15) is 9.59 Å². The second-order valence-corrected chi connectivity index (χ2v) is 6.89. The van der Waals surface area contributed by atoms with Crippen LogP contribution in [0.15, 0.2) is 53.7 Å². The van der Waals surface area contributed by atoms with E-state index in [2.05, 4.69) is 9.97 Å². The molecule has 0 spiro atoms. The number of carbonyl (C=O) groups excluding carboxylic acids is 2. The average molecular weight is 428 g/mol. The molecule has 0 unspecified atom stereocenters. The number of halogens is 1. The third kappa shape index (κ3) is 3.51. The number of hydrogen-bond acceptors (Lipinski definition) is 7. The summed E-state index contributed by atoms with van der Waals surface area (Å²) < 4.78 is 15.2. The number of ether oxygens (including phenoxy) is 3. The first-order valence-electron chi connectivity index (χ1n) is 9.03. The monoisotopic (exact) mass is 427 g/mol. The maximum absolute atomic E-state index is 12.5. The molecule has 0 amide bonds. The molecular formula is C21H18ClN3O5. The summed E-state index contributed by atoms with van der Waals surface area (Å²) >= 11 is 6.44. The summed E-state index contributed by atoms with van der Waals surface area (Å²) in [4.78, 5) is 34.1. The number of nitrogens with zero attached hydrogens (tertiary/aromatic N) is 2. The molecule has 1 aliphatic heterocycles. The fourth-order valence-corrected chi connectivity index (χ4v) is 3.50. The summed E-state index contributed by atoms with van der Waals surface area (Å²) in [6, 6.07) is 12.8. The number of anilines is 1. The number of imidazole rings is 1. The second kappa shape index (κ2) is 8.17. The van der Waals surface area contributed by atoms with E-state index >= 15 is 0 Å². The van der Waals surface area contributed by atoms with Crippen molar-refractivity contribution in [3.8, 4) is 11.4 Å². The van der Waals surface area contributed by atoms with E-state index in [0.717, 1.165) is 11.0 Å². The average Bonchev–Trinajstić information content (AvgIpc) is 3.22. The second-order valence-electron chi connectivity index (χ2n) is 6.48. The highest BCUT2D eigenvalue weighted by Gasteiger charge is 2.32. The molecule has 4 rings (SSSR count). The number of nitrogens with one attached hydrogen (secondary N) is 1. The minimum atomic E-state index is -0.668. The van der Waals surface area contributed by atoms with Gasteiger partial charge in [-0.2, -0.15) is 0 Å². The first-order chi connectivity index (χ1) is 14.5. The number of carbonyl (C=O) groups is 2. The Morgan fingerprint density at radius 1 is 1.13 bits per heavy atom. The minimum Gasteiger partial charge on any atom is -0.466 e. The van der Waals surface area contributed by atoms with E-state index in [-0.39, 0.29) is 24.6 Å². The molecule has 1 aromatic heterocycles. The van der Waals surface area contributed by atoms with Gasteiger partial charge < -0.3 is 24.1 Å². The van der Waals surface area contributed by atoms with Gasteiger partial charge in [-0.1, -0.05) is 23.7 Å². The third-order valence-corrected chi connectivity index (χ3v) is 5.07. The Balaban J connectivity index is 1.82. The molecule has 3 aromatic rings. The molecule has 0 radical (unpaired) electrons. The smallest absolute Gasteiger partial charge is 0.355 e. The highest BCUT2D eigenvalue weighted by atomic mass is 35.5. The van der Waals surface area contributed by atoms with Gasteiger partial charge in [0.2, 0.25) is 0 Å². The number of benzene rings is 2. The van der Waals surface area contributed by atoms with E-state index in [1.54, 1.807) is 23.1 Å². The first kappa shape index (κ1) is 19.9. The number of aromatic nitrogens is 2. The van der Waals surface area contributed by atoms with Crippen molar-refractivity contribution in [1.29, 1.82) is 0 Å². The molecule has 0 saturated carbocycles. The van der Waals surface area contributed by atoms with Crippen molar-refractivity contribution in [2.75, 3.05) is 32.5 Å². The normalized spacial score (nSPS) is 14.2. The number of hydrogen-bond donors (Lipinski definition) is 1. The predicted octanol–water partition coefficient (Wildman–Crippen LogP) is 3.28. The Bertz CT molecular complexity index is 1140. The van der Waals surface area contributed by atoms with Crippen molar-refractivity contribution in [2.45, 2.75) is 0 Å². The quantitative estimate of drug-likeness (QED) is 0.638. The first-order valence-corrected chi connectivity index (χ1v) is 9.41. The number of methoxy groups -OCH3 is 2. The minimum absolute atomic E-state index is 0.0477. The largest absolute Gasteiger partial charge is 0.466 e. The molecule has 0 aliphatic carbocycles. The van der Waals surface area contributed by atoms with E-state index in [1.807, 2.05) is 24.3 Å². The highest BCUT2D eigenvalue weighted by Crippen LogP contribution is 2.34. The fraction of sp³-hybridized carbons (Fsp3) is 0.190. The van der Waals surface area contributed by atoms with E-state index in [0.29, 0.717) is 22.1 Å². The van der Waals surface area contributed by atoms with Crippen LogP contribution in [0.3, 0.4) is 0 Å². The van der Waals surface area contributed by atoms with Gasteiger partial charge in [0, 0.05) is 11.3 Å². The number of fused-ring (bicyclic) bond motifs is 1. The van der Waals surface area contributed by atoms with Crippen LogP contribution in [0.1, 0.15) is 0 Å². The van der Waals surface area contributed by atoms with Gasteiger partial charge in [0.1, 0.15) is 18.3 Å². The molecule has 0 saturated heterocycles. The van der Waals surface area contributed by atoms with Gasteiger partial charge in [-0.3, -0.25) is 0 Å². The lowest BCUT2D eigenvalue weighted by Crippen LogP contribution is -2.38. The third-order valence-electron chi connectivity index (χ3n) is 4.74. The molecule has 1 N–H and O–H groups in total. The van der Waals surface area contributed by atoms with Crippen LogP contribution >= 0.6 is 11.6 Å². The zero-order valence-corrected chi connectivity index (χ0v) is 17.0. The molecule has 8 nitrogen and oxygen atoms in total. The lowest BCUT2D eigenvalue weighted by Gasteiger charge is -2.31. The van der Waals surface area contributed by atoms with Gasteiger partial charge in [0.25, 0.3) is 0 Å². The predicted molar refractivity (Wildman–Crippen MR) is 111 cm³/mol. The number of para-hydroxylation sites is 2. The maximum Gasteiger partial charge on any atom is 0.355 e. The van der Waals surface area contributed by atoms with Gasteiger partial charge in [0.05, 0.1) is 42.5 Å². The van der Waals surface area contributed by atoms with E-state index in [4.69, 9.17) is 25.8 Å². The molecule has 2 aromatic carbocycles. The molecule has 0 atom stereocenters. The van der Waals surface area contributed by atoms with E-state index < -0.39 is 11.9 Å². The Hall–Kier alpha value is -3.36. The molecule has 9 heteroatoms. The Kier molecular flexibility index (Phi) is 5.43. The lowest BCUT2D eigenvalue weighted by molar-refractivity contribution is -0.140. The number of H-pyrrole nitrogens is 1. The van der Waals surface area contributed by atoms with E-state index in [1.165, 1.54) is 14.2 Å². The van der Waals surface area contributed by atoms with Crippen molar-refractivity contribution >= 4 is 40.3 Å². The van der Waals surface area contributed by atoms with Crippen molar-refractivity contribution in [2.24, 2.45) is 0 Å². The van der Waals surface area contributed by atoms with Crippen LogP contribution in [0.25, 0.3) is 22.4 Å². The Morgan fingerprint density at radius 2 is 1.90 bits per heavy atom. The number of rotatable bonds is 4. The molecular weight excluding hydrogens is 410 g/mol. The topological polar surface area (TPSA) is 93.8 Å². The zero-order chi connectivity index (χ0) is 21.3. The summed E-state index contributed by atoms with van der Waals surface area (Å²) in [7, 11) is 2.49. The van der Waals surface area contributed by atoms with Crippen molar-refractivity contribution in [1.82, 2.24) is 9.97 Å². The van der Waals surface area contributed by atoms with Gasteiger partial charge >= 0.3 is 11.9 Å². The van der Waals surface area contributed by atoms with Crippen LogP contribution in [0.4, 0.5) is 5.69 Å². The zero-order valence-electron chi connectivity index (χ0n) is 16.3.